The van der Waals surface area contributed by atoms with Gasteiger partial charge >= 0.3 is 6.03 Å². The van der Waals surface area contributed by atoms with Gasteiger partial charge in [0.1, 0.15) is 5.69 Å². The van der Waals surface area contributed by atoms with Crippen molar-refractivity contribution in [2.45, 2.75) is 76.4 Å². The Morgan fingerprint density at radius 1 is 0.889 bits per heavy atom. The Balaban J connectivity index is 1.36. The molecule has 2 aliphatic carbocycles. The number of hydrogen-bond donors (Lipinski definition) is 3. The molecule has 7 heteroatoms. The molecule has 0 unspecified atom stereocenters. The van der Waals surface area contributed by atoms with Crippen molar-refractivity contribution in [1.82, 2.24) is 20.9 Å². The second-order valence-corrected chi connectivity index (χ2v) is 9.20. The van der Waals surface area contributed by atoms with E-state index in [2.05, 4.69) is 50.4 Å². The molecule has 3 amide bonds. The van der Waals surface area contributed by atoms with Gasteiger partial charge < -0.3 is 16.0 Å². The zero-order valence-electron chi connectivity index (χ0n) is 15.8. The molecule has 2 saturated carbocycles. The number of rotatable bonds is 4. The number of nitrogens with zero attached hydrogens (tertiary/aromatic N) is 1. The summed E-state index contributed by atoms with van der Waals surface area (Å²) >= 11 is 2.17. The summed E-state index contributed by atoms with van der Waals surface area (Å²) in [4.78, 5) is 28.7. The van der Waals surface area contributed by atoms with E-state index in [9.17, 15) is 9.59 Å². The lowest BCUT2D eigenvalue weighted by atomic mass is 9.87. The fourth-order valence-corrected chi connectivity index (χ4v) is 4.29. The number of amides is 3. The van der Waals surface area contributed by atoms with Crippen LogP contribution in [0.1, 0.15) is 68.8 Å². The lowest BCUT2D eigenvalue weighted by Crippen LogP contribution is -2.49. The number of halogens is 1. The maximum Gasteiger partial charge on any atom is 0.315 e. The summed E-state index contributed by atoms with van der Waals surface area (Å²) in [7, 11) is 0. The SMILES string of the molecule is CC1CCC(NC(=O)NC2CCC(NC(=O)c3ccc(I)cn3)CC2)CC1. The third-order valence-corrected chi connectivity index (χ3v) is 6.35. The maximum absolute atomic E-state index is 12.3. The van der Waals surface area contributed by atoms with Crippen molar-refractivity contribution in [3.8, 4) is 0 Å². The van der Waals surface area contributed by atoms with Crippen molar-refractivity contribution in [3.63, 3.8) is 0 Å². The number of hydrogen-bond acceptors (Lipinski definition) is 3. The lowest BCUT2D eigenvalue weighted by molar-refractivity contribution is 0.0919. The van der Waals surface area contributed by atoms with Gasteiger partial charge in [-0.2, -0.15) is 0 Å². The minimum absolute atomic E-state index is 0.0369. The van der Waals surface area contributed by atoms with Crippen LogP contribution >= 0.6 is 22.6 Å². The molecule has 0 radical (unpaired) electrons. The third kappa shape index (κ3) is 6.33. The average Bonchev–Trinajstić information content (AvgIpc) is 2.66. The molecular formula is C20H29IN4O2. The van der Waals surface area contributed by atoms with E-state index in [1.54, 1.807) is 12.3 Å². The molecule has 1 heterocycles. The molecule has 0 atom stereocenters. The highest BCUT2D eigenvalue weighted by molar-refractivity contribution is 14.1. The Bertz CT molecular complexity index is 636. The van der Waals surface area contributed by atoms with Crippen LogP contribution in [0.2, 0.25) is 0 Å². The molecule has 148 valence electrons. The highest BCUT2D eigenvalue weighted by Gasteiger charge is 2.25. The normalized spacial score (nSPS) is 28.2. The highest BCUT2D eigenvalue weighted by atomic mass is 127. The van der Waals surface area contributed by atoms with Crippen LogP contribution in [0.3, 0.4) is 0 Å². The topological polar surface area (TPSA) is 83.1 Å². The number of aromatic nitrogens is 1. The highest BCUT2D eigenvalue weighted by Crippen LogP contribution is 2.23. The van der Waals surface area contributed by atoms with Crippen LogP contribution < -0.4 is 16.0 Å². The van der Waals surface area contributed by atoms with Crippen molar-refractivity contribution in [3.05, 3.63) is 27.6 Å². The first-order valence-electron chi connectivity index (χ1n) is 9.99. The van der Waals surface area contributed by atoms with Crippen LogP contribution in [0.15, 0.2) is 18.3 Å². The molecule has 1 aromatic rings. The summed E-state index contributed by atoms with van der Waals surface area (Å²) in [5, 5.41) is 9.31. The van der Waals surface area contributed by atoms with Crippen LogP contribution in [-0.2, 0) is 0 Å². The Hall–Kier alpha value is -1.38. The number of carbonyl (C=O) groups is 2. The van der Waals surface area contributed by atoms with Crippen LogP contribution in [-0.4, -0.2) is 35.0 Å². The van der Waals surface area contributed by atoms with Gasteiger partial charge in [-0.1, -0.05) is 6.92 Å². The Morgan fingerprint density at radius 3 is 1.93 bits per heavy atom. The van der Waals surface area contributed by atoms with E-state index in [0.717, 1.165) is 48.0 Å². The molecule has 0 bridgehead atoms. The third-order valence-electron chi connectivity index (χ3n) is 5.71. The van der Waals surface area contributed by atoms with E-state index in [1.807, 2.05) is 6.07 Å². The molecule has 0 saturated heterocycles. The Kier molecular flexibility index (Phi) is 7.32. The predicted molar refractivity (Wildman–Crippen MR) is 114 cm³/mol. The standard InChI is InChI=1S/C20H29IN4O2/c1-13-2-5-16(6-3-13)24-20(27)25-17-9-7-15(8-10-17)23-19(26)18-11-4-14(21)12-22-18/h4,11-13,15-17H,2-3,5-10H2,1H3,(H,23,26)(H2,24,25,27). The summed E-state index contributed by atoms with van der Waals surface area (Å²) in [5.74, 6) is 0.665. The first kappa shape index (κ1) is 20.4. The molecule has 1 aromatic heterocycles. The van der Waals surface area contributed by atoms with Gasteiger partial charge in [0.2, 0.25) is 0 Å². The molecule has 2 fully saturated rings. The van der Waals surface area contributed by atoms with Crippen molar-refractivity contribution in [2.24, 2.45) is 5.92 Å². The van der Waals surface area contributed by atoms with Crippen molar-refractivity contribution >= 4 is 34.5 Å². The first-order valence-corrected chi connectivity index (χ1v) is 11.1. The molecule has 0 spiro atoms. The zero-order valence-corrected chi connectivity index (χ0v) is 18.0. The summed E-state index contributed by atoms with van der Waals surface area (Å²) in [6.45, 7) is 2.28. The summed E-state index contributed by atoms with van der Waals surface area (Å²) in [6, 6.07) is 4.26. The van der Waals surface area contributed by atoms with Gasteiger partial charge in [0, 0.05) is 27.9 Å². The minimum atomic E-state index is -0.118. The second-order valence-electron chi connectivity index (χ2n) is 7.96. The predicted octanol–water partition coefficient (Wildman–Crippen LogP) is 3.61. The van der Waals surface area contributed by atoms with Crippen LogP contribution in [0.4, 0.5) is 4.79 Å². The molecule has 6 nitrogen and oxygen atoms in total. The van der Waals surface area contributed by atoms with E-state index in [1.165, 1.54) is 12.8 Å². The lowest BCUT2D eigenvalue weighted by Gasteiger charge is -2.31. The van der Waals surface area contributed by atoms with Crippen LogP contribution in [0.25, 0.3) is 0 Å². The molecular weight excluding hydrogens is 455 g/mol. The number of urea groups is 1. The van der Waals surface area contributed by atoms with E-state index in [4.69, 9.17) is 0 Å². The van der Waals surface area contributed by atoms with E-state index >= 15 is 0 Å². The summed E-state index contributed by atoms with van der Waals surface area (Å²) in [6.07, 6.45) is 9.79. The molecule has 0 aliphatic heterocycles. The van der Waals surface area contributed by atoms with Crippen molar-refractivity contribution in [1.29, 1.82) is 0 Å². The largest absolute Gasteiger partial charge is 0.348 e. The van der Waals surface area contributed by atoms with Gasteiger partial charge in [-0.3, -0.25) is 4.79 Å². The molecule has 2 aliphatic rings. The smallest absolute Gasteiger partial charge is 0.315 e. The Morgan fingerprint density at radius 2 is 1.41 bits per heavy atom. The second kappa shape index (κ2) is 9.71. The summed E-state index contributed by atoms with van der Waals surface area (Å²) < 4.78 is 1.01. The maximum atomic E-state index is 12.3. The van der Waals surface area contributed by atoms with Crippen molar-refractivity contribution in [2.75, 3.05) is 0 Å². The first-order chi connectivity index (χ1) is 13.0. The number of carbonyl (C=O) groups excluding carboxylic acids is 2. The van der Waals surface area contributed by atoms with Gasteiger partial charge in [-0.15, -0.1) is 0 Å². The van der Waals surface area contributed by atoms with Crippen LogP contribution in [0.5, 0.6) is 0 Å². The summed E-state index contributed by atoms with van der Waals surface area (Å²) in [5.41, 5.74) is 0.455. The molecule has 27 heavy (non-hydrogen) atoms. The van der Waals surface area contributed by atoms with E-state index in [-0.39, 0.29) is 24.0 Å². The van der Waals surface area contributed by atoms with Gasteiger partial charge in [-0.05, 0) is 92.0 Å². The fourth-order valence-electron chi connectivity index (χ4n) is 3.97. The monoisotopic (exact) mass is 484 g/mol. The molecule has 3 N–H and O–H groups in total. The zero-order chi connectivity index (χ0) is 19.2. The number of pyridine rings is 1. The minimum Gasteiger partial charge on any atom is -0.348 e. The quantitative estimate of drug-likeness (QED) is 0.572. The number of nitrogens with one attached hydrogen (secondary N) is 3. The average molecular weight is 484 g/mol. The van der Waals surface area contributed by atoms with Gasteiger partial charge in [0.05, 0.1) is 0 Å². The Labute approximate surface area is 174 Å². The van der Waals surface area contributed by atoms with Gasteiger partial charge in [0.15, 0.2) is 0 Å². The van der Waals surface area contributed by atoms with E-state index < -0.39 is 0 Å². The van der Waals surface area contributed by atoms with Gasteiger partial charge in [0.25, 0.3) is 5.91 Å². The van der Waals surface area contributed by atoms with Crippen LogP contribution in [0, 0.1) is 9.49 Å². The molecule has 0 aromatic carbocycles. The van der Waals surface area contributed by atoms with Gasteiger partial charge in [-0.25, -0.2) is 9.78 Å². The fraction of sp³-hybridized carbons (Fsp3) is 0.650. The van der Waals surface area contributed by atoms with E-state index in [0.29, 0.717) is 11.7 Å². The molecule has 3 rings (SSSR count). The van der Waals surface area contributed by atoms with Crippen molar-refractivity contribution < 1.29 is 9.59 Å².